The van der Waals surface area contributed by atoms with Gasteiger partial charge in [-0.15, -0.1) is 0 Å². The van der Waals surface area contributed by atoms with E-state index in [9.17, 15) is 25.6 Å². The predicted molar refractivity (Wildman–Crippen MR) is 60.7 cm³/mol. The first-order chi connectivity index (χ1) is 8.33. The van der Waals surface area contributed by atoms with Gasteiger partial charge < -0.3 is 0 Å². The summed E-state index contributed by atoms with van der Waals surface area (Å²) in [5.74, 6) is -1.40. The molecule has 0 atom stereocenters. The molecule has 0 rings (SSSR count). The molecule has 0 N–H and O–H groups in total. The molecule has 0 saturated carbocycles. The monoisotopic (exact) mass is 310 g/mol. The van der Waals surface area contributed by atoms with Gasteiger partial charge in [-0.25, -0.2) is 8.78 Å². The highest BCUT2D eigenvalue weighted by atomic mass is 32.2. The summed E-state index contributed by atoms with van der Waals surface area (Å²) in [6.45, 7) is -2.39. The van der Waals surface area contributed by atoms with Crippen molar-refractivity contribution in [3.8, 4) is 0 Å². The van der Waals surface area contributed by atoms with Crippen LogP contribution in [0.2, 0.25) is 0 Å². The molecule has 0 radical (unpaired) electrons. The maximum atomic E-state index is 11.7. The largest absolute Gasteiger partial charge is 0.270 e. The highest BCUT2D eigenvalue weighted by molar-refractivity contribution is 7.86. The molecule has 0 aromatic heterocycles. The second-order valence-electron chi connectivity index (χ2n) is 3.25. The average molecular weight is 310 g/mol. The van der Waals surface area contributed by atoms with Gasteiger partial charge in [0.25, 0.3) is 20.2 Å². The fraction of sp³-hybridized carbons (Fsp3) is 1.00. The van der Waals surface area contributed by atoms with Gasteiger partial charge in [-0.1, -0.05) is 0 Å². The molecule has 10 heteroatoms. The van der Waals surface area contributed by atoms with Crippen LogP contribution in [0.15, 0.2) is 0 Å². The molecule has 0 unspecified atom stereocenters. The molecule has 0 spiro atoms. The van der Waals surface area contributed by atoms with Crippen LogP contribution in [0.3, 0.4) is 0 Å². The summed E-state index contributed by atoms with van der Waals surface area (Å²) in [5.41, 5.74) is 0. The topological polar surface area (TPSA) is 86.7 Å². The van der Waals surface area contributed by atoms with Crippen molar-refractivity contribution in [2.24, 2.45) is 0 Å². The minimum absolute atomic E-state index is 0.172. The van der Waals surface area contributed by atoms with Crippen LogP contribution in [-0.4, -0.2) is 54.9 Å². The minimum Gasteiger partial charge on any atom is -0.270 e. The number of unbranched alkanes of at least 4 members (excludes halogenated alkanes) is 1. The molecule has 0 fully saturated rings. The van der Waals surface area contributed by atoms with E-state index < -0.39 is 45.1 Å². The standard InChI is InChI=1S/C8H16F2O6S2/c9-3-7-17(11,12)15-5-1-2-6-16-18(13,14)8-4-10/h1-8H2. The molecule has 0 aromatic rings. The van der Waals surface area contributed by atoms with E-state index in [1.165, 1.54) is 0 Å². The third-order valence-electron chi connectivity index (χ3n) is 1.72. The van der Waals surface area contributed by atoms with Crippen LogP contribution >= 0.6 is 0 Å². The molecule has 0 aliphatic carbocycles. The number of alkyl halides is 2. The second kappa shape index (κ2) is 8.73. The van der Waals surface area contributed by atoms with E-state index >= 15 is 0 Å². The lowest BCUT2D eigenvalue weighted by atomic mass is 10.3. The molecule has 0 amide bonds. The van der Waals surface area contributed by atoms with Gasteiger partial charge in [-0.2, -0.15) is 16.8 Å². The molecule has 6 nitrogen and oxygen atoms in total. The van der Waals surface area contributed by atoms with Crippen LogP contribution in [0.5, 0.6) is 0 Å². The van der Waals surface area contributed by atoms with Gasteiger partial charge in [0.15, 0.2) is 0 Å². The quantitative estimate of drug-likeness (QED) is 0.405. The molecule has 110 valence electrons. The zero-order chi connectivity index (χ0) is 14.1. The predicted octanol–water partition coefficient (Wildman–Crippen LogP) is 0.398. The molecule has 0 aliphatic rings. The van der Waals surface area contributed by atoms with E-state index in [-0.39, 0.29) is 26.1 Å². The lowest BCUT2D eigenvalue weighted by Crippen LogP contribution is -2.14. The van der Waals surface area contributed by atoms with Crippen LogP contribution in [0.25, 0.3) is 0 Å². The third-order valence-corrected chi connectivity index (χ3v) is 4.08. The third kappa shape index (κ3) is 9.68. The molecule has 0 aliphatic heterocycles. The van der Waals surface area contributed by atoms with E-state index in [1.807, 2.05) is 0 Å². The first-order valence-electron chi connectivity index (χ1n) is 5.19. The Morgan fingerprint density at radius 2 is 1.06 bits per heavy atom. The van der Waals surface area contributed by atoms with E-state index in [2.05, 4.69) is 8.37 Å². The van der Waals surface area contributed by atoms with Crippen molar-refractivity contribution in [1.82, 2.24) is 0 Å². The summed E-state index contributed by atoms with van der Waals surface area (Å²) in [6.07, 6.45) is 0.466. The first kappa shape index (κ1) is 17.7. The van der Waals surface area contributed by atoms with Gasteiger partial charge in [-0.05, 0) is 12.8 Å². The fourth-order valence-corrected chi connectivity index (χ4v) is 2.24. The summed E-state index contributed by atoms with van der Waals surface area (Å²) >= 11 is 0. The van der Waals surface area contributed by atoms with Crippen molar-refractivity contribution in [2.45, 2.75) is 12.8 Å². The molecule has 0 heterocycles. The summed E-state index contributed by atoms with van der Waals surface area (Å²) in [6, 6.07) is 0. The Bertz CT molecular complexity index is 365. The molecule has 0 bridgehead atoms. The van der Waals surface area contributed by atoms with Gasteiger partial charge >= 0.3 is 0 Å². The normalized spacial score (nSPS) is 12.8. The summed E-state index contributed by atoms with van der Waals surface area (Å²) in [4.78, 5) is 0. The highest BCUT2D eigenvalue weighted by Gasteiger charge is 2.11. The average Bonchev–Trinajstić information content (AvgIpc) is 2.22. The Hall–Kier alpha value is -0.320. The van der Waals surface area contributed by atoms with Gasteiger partial charge in [0.05, 0.1) is 13.2 Å². The van der Waals surface area contributed by atoms with E-state index in [1.54, 1.807) is 0 Å². The lowest BCUT2D eigenvalue weighted by molar-refractivity contribution is 0.269. The van der Waals surface area contributed by atoms with Crippen LogP contribution in [0.4, 0.5) is 8.78 Å². The minimum atomic E-state index is -3.84. The van der Waals surface area contributed by atoms with E-state index in [0.717, 1.165) is 0 Å². The Kier molecular flexibility index (Phi) is 8.57. The Morgan fingerprint density at radius 3 is 1.33 bits per heavy atom. The number of halogens is 2. The highest BCUT2D eigenvalue weighted by Crippen LogP contribution is 2.01. The lowest BCUT2D eigenvalue weighted by Gasteiger charge is -2.05. The van der Waals surface area contributed by atoms with Gasteiger partial charge in [0, 0.05) is 0 Å². The Labute approximate surface area is 106 Å². The number of rotatable bonds is 11. The molecular formula is C8H16F2O6S2. The van der Waals surface area contributed by atoms with Crippen LogP contribution < -0.4 is 0 Å². The van der Waals surface area contributed by atoms with Gasteiger partial charge in [-0.3, -0.25) is 8.37 Å². The Balaban J connectivity index is 3.64. The fourth-order valence-electron chi connectivity index (χ4n) is 0.883. The second-order valence-corrected chi connectivity index (χ2v) is 6.77. The van der Waals surface area contributed by atoms with E-state index in [4.69, 9.17) is 0 Å². The number of hydrogen-bond donors (Lipinski definition) is 0. The smallest absolute Gasteiger partial charge is 0.269 e. The molecular weight excluding hydrogens is 294 g/mol. The van der Waals surface area contributed by atoms with Gasteiger partial charge in [0.2, 0.25) is 0 Å². The SMILES string of the molecule is O=S(=O)(CCF)OCCCCOS(=O)(=O)CCF. The molecule has 18 heavy (non-hydrogen) atoms. The van der Waals surface area contributed by atoms with Gasteiger partial charge in [0.1, 0.15) is 24.9 Å². The van der Waals surface area contributed by atoms with Crippen LogP contribution in [-0.2, 0) is 28.6 Å². The maximum Gasteiger partial charge on any atom is 0.269 e. The maximum absolute atomic E-state index is 11.7. The van der Waals surface area contributed by atoms with E-state index in [0.29, 0.717) is 0 Å². The first-order valence-corrected chi connectivity index (χ1v) is 8.34. The molecule has 0 saturated heterocycles. The van der Waals surface area contributed by atoms with Crippen molar-refractivity contribution in [1.29, 1.82) is 0 Å². The van der Waals surface area contributed by atoms with Crippen molar-refractivity contribution in [3.05, 3.63) is 0 Å². The summed E-state index contributed by atoms with van der Waals surface area (Å²) < 4.78 is 75.8. The van der Waals surface area contributed by atoms with Crippen molar-refractivity contribution in [3.63, 3.8) is 0 Å². The molecule has 0 aromatic carbocycles. The Morgan fingerprint density at radius 1 is 0.722 bits per heavy atom. The summed E-state index contributed by atoms with van der Waals surface area (Å²) in [7, 11) is -7.68. The van der Waals surface area contributed by atoms with Crippen molar-refractivity contribution in [2.75, 3.05) is 38.1 Å². The van der Waals surface area contributed by atoms with Crippen molar-refractivity contribution < 1.29 is 34.0 Å². The van der Waals surface area contributed by atoms with Crippen LogP contribution in [0, 0.1) is 0 Å². The zero-order valence-corrected chi connectivity index (χ0v) is 11.3. The number of hydrogen-bond acceptors (Lipinski definition) is 6. The van der Waals surface area contributed by atoms with Crippen molar-refractivity contribution >= 4 is 20.2 Å². The summed E-state index contributed by atoms with van der Waals surface area (Å²) in [5, 5.41) is 0. The van der Waals surface area contributed by atoms with Crippen LogP contribution in [0.1, 0.15) is 12.8 Å². The zero-order valence-electron chi connectivity index (χ0n) is 9.68.